The highest BCUT2D eigenvalue weighted by Gasteiger charge is 2.12. The van der Waals surface area contributed by atoms with Gasteiger partial charge in [-0.1, -0.05) is 42.5 Å². The second kappa shape index (κ2) is 4.18. The minimum absolute atomic E-state index is 0.000943. The van der Waals surface area contributed by atoms with Gasteiger partial charge in [-0.25, -0.2) is 0 Å². The molecule has 0 fully saturated rings. The first-order chi connectivity index (χ1) is 10.8. The Morgan fingerprint density at radius 3 is 2.41 bits per heavy atom. The monoisotopic (exact) mass is 301 g/mol. The van der Waals surface area contributed by atoms with Gasteiger partial charge in [0.05, 0.1) is 0 Å². The van der Waals surface area contributed by atoms with Crippen LogP contribution in [-0.4, -0.2) is 4.98 Å². The van der Waals surface area contributed by atoms with E-state index in [4.69, 9.17) is 0 Å². The maximum absolute atomic E-state index is 12.5. The van der Waals surface area contributed by atoms with Crippen LogP contribution in [-0.2, 0) is 0 Å². The first-order valence-electron chi connectivity index (χ1n) is 7.17. The molecular formula is C19H11NOS. The molecule has 0 bridgehead atoms. The second-order valence-corrected chi connectivity index (χ2v) is 6.55. The molecule has 0 aliphatic carbocycles. The van der Waals surface area contributed by atoms with Crippen LogP contribution in [0.1, 0.15) is 0 Å². The Morgan fingerprint density at radius 2 is 1.55 bits per heavy atom. The van der Waals surface area contributed by atoms with Gasteiger partial charge in [0.2, 0.25) is 0 Å². The Hall–Kier alpha value is -2.65. The topological polar surface area (TPSA) is 32.9 Å². The van der Waals surface area contributed by atoms with Crippen molar-refractivity contribution in [3.8, 4) is 0 Å². The average molecular weight is 301 g/mol. The smallest absolute Gasteiger partial charge is 0.266 e. The van der Waals surface area contributed by atoms with Crippen LogP contribution < -0.4 is 5.56 Å². The van der Waals surface area contributed by atoms with E-state index in [1.54, 1.807) is 11.3 Å². The average Bonchev–Trinajstić information content (AvgIpc) is 2.94. The summed E-state index contributed by atoms with van der Waals surface area (Å²) in [6.45, 7) is 0. The summed E-state index contributed by atoms with van der Waals surface area (Å²) in [5, 5.41) is 5.69. The van der Waals surface area contributed by atoms with Crippen molar-refractivity contribution in [1.29, 1.82) is 0 Å². The van der Waals surface area contributed by atoms with Crippen molar-refractivity contribution < 1.29 is 0 Å². The van der Waals surface area contributed by atoms with E-state index >= 15 is 0 Å². The SMILES string of the molecule is O=c1[nH]c2cc3ccccc3cc2c2c1sc1ccccc12. The molecule has 3 aromatic carbocycles. The Kier molecular flexibility index (Phi) is 2.27. The molecule has 0 radical (unpaired) electrons. The molecule has 0 saturated carbocycles. The third kappa shape index (κ3) is 1.51. The number of aromatic nitrogens is 1. The summed E-state index contributed by atoms with van der Waals surface area (Å²) in [6, 6.07) is 20.7. The lowest BCUT2D eigenvalue weighted by atomic mass is 10.0. The van der Waals surface area contributed by atoms with Crippen LogP contribution in [0.2, 0.25) is 0 Å². The molecule has 2 aromatic heterocycles. The van der Waals surface area contributed by atoms with Gasteiger partial charge in [0.25, 0.3) is 5.56 Å². The van der Waals surface area contributed by atoms with Gasteiger partial charge in [-0.2, -0.15) is 0 Å². The fourth-order valence-corrected chi connectivity index (χ4v) is 4.31. The maximum Gasteiger partial charge on any atom is 0.266 e. The lowest BCUT2D eigenvalue weighted by molar-refractivity contribution is 1.36. The van der Waals surface area contributed by atoms with Crippen molar-refractivity contribution in [3.05, 3.63) is 71.0 Å². The van der Waals surface area contributed by atoms with E-state index in [1.165, 1.54) is 5.39 Å². The van der Waals surface area contributed by atoms with Crippen molar-refractivity contribution in [2.45, 2.75) is 0 Å². The van der Waals surface area contributed by atoms with Crippen LogP contribution in [0.25, 0.3) is 41.8 Å². The number of hydrogen-bond donors (Lipinski definition) is 1. The molecule has 0 unspecified atom stereocenters. The maximum atomic E-state index is 12.5. The molecule has 0 atom stereocenters. The van der Waals surface area contributed by atoms with Crippen molar-refractivity contribution in [1.82, 2.24) is 4.98 Å². The van der Waals surface area contributed by atoms with E-state index in [-0.39, 0.29) is 5.56 Å². The summed E-state index contributed by atoms with van der Waals surface area (Å²) in [6.07, 6.45) is 0. The fourth-order valence-electron chi connectivity index (χ4n) is 3.20. The quantitative estimate of drug-likeness (QED) is 0.399. The van der Waals surface area contributed by atoms with Crippen LogP contribution in [0, 0.1) is 0 Å². The van der Waals surface area contributed by atoms with Crippen molar-refractivity contribution in [2.75, 3.05) is 0 Å². The van der Waals surface area contributed by atoms with E-state index < -0.39 is 0 Å². The number of benzene rings is 3. The Balaban J connectivity index is 2.14. The molecule has 0 spiro atoms. The molecule has 5 rings (SSSR count). The third-order valence-corrected chi connectivity index (χ3v) is 5.37. The number of nitrogens with one attached hydrogen (secondary N) is 1. The van der Waals surface area contributed by atoms with Gasteiger partial charge in [0.1, 0.15) is 4.70 Å². The minimum atomic E-state index is -0.000943. The predicted octanol–water partition coefficient (Wildman–Crippen LogP) is 5.05. The van der Waals surface area contributed by atoms with Crippen LogP contribution in [0.15, 0.2) is 65.5 Å². The number of pyridine rings is 1. The Bertz CT molecular complexity index is 1250. The summed E-state index contributed by atoms with van der Waals surface area (Å²) in [4.78, 5) is 15.5. The largest absolute Gasteiger partial charge is 0.321 e. The van der Waals surface area contributed by atoms with Crippen LogP contribution in [0.4, 0.5) is 0 Å². The highest BCUT2D eigenvalue weighted by molar-refractivity contribution is 7.26. The molecule has 3 heteroatoms. The molecule has 0 aliphatic rings. The highest BCUT2D eigenvalue weighted by Crippen LogP contribution is 2.36. The van der Waals surface area contributed by atoms with Crippen molar-refractivity contribution in [2.24, 2.45) is 0 Å². The van der Waals surface area contributed by atoms with Crippen LogP contribution in [0.5, 0.6) is 0 Å². The van der Waals surface area contributed by atoms with Gasteiger partial charge in [-0.3, -0.25) is 4.79 Å². The van der Waals surface area contributed by atoms with Crippen molar-refractivity contribution >= 4 is 53.2 Å². The first kappa shape index (κ1) is 12.0. The van der Waals surface area contributed by atoms with Gasteiger partial charge in [0, 0.05) is 26.4 Å². The summed E-state index contributed by atoms with van der Waals surface area (Å²) in [5.74, 6) is 0. The van der Waals surface area contributed by atoms with Crippen LogP contribution >= 0.6 is 11.3 Å². The molecule has 104 valence electrons. The Morgan fingerprint density at radius 1 is 0.818 bits per heavy atom. The van der Waals surface area contributed by atoms with E-state index in [1.807, 2.05) is 24.3 Å². The number of fused-ring (bicyclic) bond motifs is 6. The molecule has 1 N–H and O–H groups in total. The summed E-state index contributed by atoms with van der Waals surface area (Å²) >= 11 is 1.56. The predicted molar refractivity (Wildman–Crippen MR) is 95.0 cm³/mol. The number of rotatable bonds is 0. The number of thiophene rings is 1. The summed E-state index contributed by atoms with van der Waals surface area (Å²) in [5.41, 5.74) is 0.902. The van der Waals surface area contributed by atoms with Crippen LogP contribution in [0.3, 0.4) is 0 Å². The van der Waals surface area contributed by atoms with E-state index in [0.717, 1.165) is 36.5 Å². The third-order valence-electron chi connectivity index (χ3n) is 4.21. The lowest BCUT2D eigenvalue weighted by Gasteiger charge is -2.04. The zero-order valence-electron chi connectivity index (χ0n) is 11.6. The normalized spacial score (nSPS) is 11.8. The molecule has 0 amide bonds. The number of hydrogen-bond acceptors (Lipinski definition) is 2. The molecule has 0 aliphatic heterocycles. The van der Waals surface area contributed by atoms with Gasteiger partial charge in [-0.15, -0.1) is 11.3 Å². The van der Waals surface area contributed by atoms with E-state index in [9.17, 15) is 4.79 Å². The molecule has 2 nitrogen and oxygen atoms in total. The Labute approximate surface area is 129 Å². The van der Waals surface area contributed by atoms with Gasteiger partial charge >= 0.3 is 0 Å². The zero-order valence-corrected chi connectivity index (χ0v) is 12.4. The molecular weight excluding hydrogens is 290 g/mol. The van der Waals surface area contributed by atoms with E-state index in [0.29, 0.717) is 0 Å². The number of H-pyrrole nitrogens is 1. The van der Waals surface area contributed by atoms with Gasteiger partial charge in [0.15, 0.2) is 0 Å². The number of aromatic amines is 1. The first-order valence-corrected chi connectivity index (χ1v) is 7.99. The lowest BCUT2D eigenvalue weighted by Crippen LogP contribution is -2.04. The zero-order chi connectivity index (χ0) is 14.7. The molecule has 22 heavy (non-hydrogen) atoms. The fraction of sp³-hybridized carbons (Fsp3) is 0. The van der Waals surface area contributed by atoms with E-state index in [2.05, 4.69) is 41.4 Å². The molecule has 5 aromatic rings. The standard InChI is InChI=1S/C19H11NOS/c21-19-18-17(13-7-3-4-8-16(13)22-18)14-9-11-5-1-2-6-12(11)10-15(14)20-19/h1-10H,(H,20,21). The summed E-state index contributed by atoms with van der Waals surface area (Å²) in [7, 11) is 0. The second-order valence-electron chi connectivity index (χ2n) is 5.50. The molecule has 0 saturated heterocycles. The van der Waals surface area contributed by atoms with Gasteiger partial charge in [-0.05, 0) is 29.0 Å². The van der Waals surface area contributed by atoms with Crippen molar-refractivity contribution in [3.63, 3.8) is 0 Å². The highest BCUT2D eigenvalue weighted by atomic mass is 32.1. The summed E-state index contributed by atoms with van der Waals surface area (Å²) < 4.78 is 1.97. The minimum Gasteiger partial charge on any atom is -0.321 e. The molecule has 2 heterocycles. The van der Waals surface area contributed by atoms with Gasteiger partial charge < -0.3 is 4.98 Å².